The molecular weight excluding hydrogens is 771 g/mol. The van der Waals surface area contributed by atoms with Crippen molar-refractivity contribution in [2.24, 2.45) is 0 Å². The Morgan fingerprint density at radius 3 is 1.16 bits per heavy atom. The molecule has 8 heteroatoms. The summed E-state index contributed by atoms with van der Waals surface area (Å²) in [6.07, 6.45) is 0. The predicted octanol–water partition coefficient (Wildman–Crippen LogP) is 12.1. The Bertz CT molecular complexity index is 2300. The van der Waals surface area contributed by atoms with E-state index < -0.39 is 0 Å². The van der Waals surface area contributed by atoms with E-state index >= 15 is 0 Å². The summed E-state index contributed by atoms with van der Waals surface area (Å²) >= 11 is 0. The summed E-state index contributed by atoms with van der Waals surface area (Å²) in [5.74, 6) is 2.51. The zero-order chi connectivity index (χ0) is 43.4. The van der Waals surface area contributed by atoms with E-state index in [1.54, 1.807) is 24.3 Å². The normalized spacial score (nSPS) is 12.6. The van der Waals surface area contributed by atoms with Crippen LogP contribution in [0, 0.1) is 0 Å². The molecule has 0 atom stereocenters. The number of rotatable bonds is 6. The van der Waals surface area contributed by atoms with Crippen molar-refractivity contribution in [2.75, 3.05) is 29.0 Å². The molecule has 0 amide bonds. The van der Waals surface area contributed by atoms with Gasteiger partial charge in [-0.2, -0.15) is 0 Å². The Balaban J connectivity index is 0.000000259. The Morgan fingerprint density at radius 1 is 0.500 bits per heavy atom. The number of hydrogen-bond donors (Lipinski definition) is 3. The lowest BCUT2D eigenvalue weighted by atomic mass is 9.77. The van der Waals surface area contributed by atoms with Crippen LogP contribution in [0.15, 0.2) is 176 Å². The molecule has 0 bridgehead atoms. The number of benzene rings is 7. The van der Waals surface area contributed by atoms with Gasteiger partial charge in [0.2, 0.25) is 0 Å². The second kappa shape index (κ2) is 20.9. The molecule has 2 heterocycles. The van der Waals surface area contributed by atoms with Gasteiger partial charge in [0.05, 0.1) is 0 Å². The molecular formula is C54H61N3O5. The highest BCUT2D eigenvalue weighted by molar-refractivity contribution is 5.54. The van der Waals surface area contributed by atoms with Gasteiger partial charge in [-0.1, -0.05) is 126 Å². The van der Waals surface area contributed by atoms with E-state index in [-0.39, 0.29) is 31.2 Å². The van der Waals surface area contributed by atoms with Crippen molar-refractivity contribution in [1.82, 2.24) is 0 Å². The van der Waals surface area contributed by atoms with Gasteiger partial charge in [-0.3, -0.25) is 0 Å². The Hall–Kier alpha value is -7.19. The van der Waals surface area contributed by atoms with Crippen LogP contribution in [0.5, 0.6) is 23.0 Å². The van der Waals surface area contributed by atoms with Crippen molar-refractivity contribution in [3.05, 3.63) is 209 Å². The van der Waals surface area contributed by atoms with Crippen LogP contribution in [0.3, 0.4) is 0 Å². The molecule has 0 fully saturated rings. The monoisotopic (exact) mass is 832 g/mol. The topological polar surface area (TPSA) is 108 Å². The molecule has 4 N–H and O–H groups in total. The lowest BCUT2D eigenvalue weighted by Gasteiger charge is -2.34. The van der Waals surface area contributed by atoms with E-state index in [1.165, 1.54) is 33.6 Å². The maximum atomic E-state index is 9.30. The smallest absolute Gasteiger partial charge is 0.161 e. The molecule has 2 aliphatic rings. The molecule has 7 aromatic rings. The fraction of sp³-hybridized carbons (Fsp3) is 0.204. The molecule has 0 radical (unpaired) electrons. The number of carbonyl (C=O) groups excluding carboxylic acids is 1. The van der Waals surface area contributed by atoms with Gasteiger partial charge in [0.1, 0.15) is 29.8 Å². The number of anilines is 3. The summed E-state index contributed by atoms with van der Waals surface area (Å²) in [5, 5.41) is 18.6. The minimum atomic E-state index is -0.159. The highest BCUT2D eigenvalue weighted by Crippen LogP contribution is 2.39. The summed E-state index contributed by atoms with van der Waals surface area (Å²) in [6, 6.07) is 58.2. The summed E-state index contributed by atoms with van der Waals surface area (Å²) in [7, 11) is 0. The van der Waals surface area contributed by atoms with E-state index in [1.807, 2.05) is 73.5 Å². The van der Waals surface area contributed by atoms with Crippen LogP contribution >= 0.6 is 0 Å². The summed E-state index contributed by atoms with van der Waals surface area (Å²) in [5.41, 5.74) is 15.5. The maximum absolute atomic E-state index is 9.30. The number of fused-ring (bicyclic) bond motifs is 2. The average Bonchev–Trinajstić information content (AvgIpc) is 3.30. The van der Waals surface area contributed by atoms with Gasteiger partial charge in [-0.05, 0) is 107 Å². The number of phenolic OH excluding ortho intramolecular Hbond substituents is 2. The van der Waals surface area contributed by atoms with Crippen molar-refractivity contribution < 1.29 is 25.9 Å². The molecule has 0 aromatic heterocycles. The summed E-state index contributed by atoms with van der Waals surface area (Å²) in [6.45, 7) is 13.7. The average molecular weight is 833 g/mol. The fourth-order valence-corrected chi connectivity index (χ4v) is 7.41. The van der Waals surface area contributed by atoms with Crippen LogP contribution in [0.4, 0.5) is 17.1 Å². The zero-order valence-corrected chi connectivity index (χ0v) is 35.4. The molecule has 0 aliphatic carbocycles. The maximum Gasteiger partial charge on any atom is 0.161 e. The van der Waals surface area contributed by atoms with Crippen molar-refractivity contribution >= 4 is 23.9 Å². The van der Waals surface area contributed by atoms with Gasteiger partial charge < -0.3 is 40.0 Å². The van der Waals surface area contributed by atoms with Crippen molar-refractivity contribution in [2.45, 2.75) is 59.0 Å². The van der Waals surface area contributed by atoms with Crippen LogP contribution in [-0.4, -0.2) is 30.5 Å². The SMILES string of the molecule is C.C=O.CC(C)(c1ccc(O)cc1)c1ccc(O)cc1.CC(C)(c1ccc2c(c1)CN(c1ccccc1)CO2)c1ccc2c(c1)CN(c1ccccc1)CO2.Nc1ccccc1.[2HH]. The molecule has 9 rings (SSSR count). The minimum absolute atomic E-state index is 0. The highest BCUT2D eigenvalue weighted by atomic mass is 16.5. The minimum Gasteiger partial charge on any atom is -0.508 e. The van der Waals surface area contributed by atoms with E-state index in [0.29, 0.717) is 13.5 Å². The van der Waals surface area contributed by atoms with Crippen molar-refractivity contribution in [3.63, 3.8) is 0 Å². The van der Waals surface area contributed by atoms with Crippen LogP contribution in [-0.2, 0) is 28.7 Å². The number of para-hydroxylation sites is 3. The molecule has 2 aliphatic heterocycles. The van der Waals surface area contributed by atoms with Gasteiger partial charge in [-0.25, -0.2) is 0 Å². The second-order valence-corrected chi connectivity index (χ2v) is 16.0. The van der Waals surface area contributed by atoms with Crippen molar-refractivity contribution in [3.8, 4) is 23.0 Å². The molecule has 0 spiro atoms. The number of nitrogens with two attached hydrogens (primary N) is 1. The number of hydrogen-bond acceptors (Lipinski definition) is 8. The standard InChI is InChI=1S/C31H30N2O2.C15H16O2.C6H7N.CH2O.CH4.H2/c1-31(2,25-13-15-29-23(17-25)19-32(21-34-29)27-9-5-3-6-10-27)26-14-16-30-24(18-26)20-33(22-35-30)28-11-7-4-8-12-28;1-15(2,11-3-7-13(16)8-4-11)12-5-9-14(17)10-6-12;7-6-4-2-1-3-5-6;1-2;;/h3-18H,19-22H2,1-2H3;3-10,16-17H,1-2H3;1-5H,7H2;1H2;1H4;1H/i;;;;;1+1. The van der Waals surface area contributed by atoms with Gasteiger partial charge in [0.15, 0.2) is 13.5 Å². The Morgan fingerprint density at radius 2 is 0.823 bits per heavy atom. The Kier molecular flexibility index (Phi) is 15.4. The molecule has 322 valence electrons. The third-order valence-corrected chi connectivity index (χ3v) is 11.3. The first-order chi connectivity index (χ1) is 29.5. The van der Waals surface area contributed by atoms with Crippen LogP contribution < -0.4 is 25.0 Å². The molecule has 0 saturated heterocycles. The first kappa shape index (κ1) is 45.9. The molecule has 0 saturated carbocycles. The second-order valence-electron chi connectivity index (χ2n) is 16.0. The van der Waals surface area contributed by atoms with E-state index in [4.69, 9.17) is 20.0 Å². The molecule has 8 nitrogen and oxygen atoms in total. The number of carbonyl (C=O) groups is 1. The third kappa shape index (κ3) is 11.1. The van der Waals surface area contributed by atoms with E-state index in [9.17, 15) is 10.2 Å². The van der Waals surface area contributed by atoms with Crippen LogP contribution in [0.25, 0.3) is 0 Å². The zero-order valence-electron chi connectivity index (χ0n) is 35.4. The van der Waals surface area contributed by atoms with E-state index in [2.05, 4.69) is 122 Å². The van der Waals surface area contributed by atoms with Crippen molar-refractivity contribution in [1.29, 1.82) is 0 Å². The first-order valence-electron chi connectivity index (χ1n) is 20.3. The molecule has 62 heavy (non-hydrogen) atoms. The van der Waals surface area contributed by atoms with Gasteiger partial charge in [0, 0.05) is 53.5 Å². The highest BCUT2D eigenvalue weighted by Gasteiger charge is 2.28. The summed E-state index contributed by atoms with van der Waals surface area (Å²) < 4.78 is 12.2. The fourth-order valence-electron chi connectivity index (χ4n) is 7.41. The number of aromatic hydroxyl groups is 2. The lowest BCUT2D eigenvalue weighted by molar-refractivity contribution is -0.0980. The summed E-state index contributed by atoms with van der Waals surface area (Å²) in [4.78, 5) is 12.5. The quantitative estimate of drug-likeness (QED) is 0.142. The number of phenols is 2. The number of ether oxygens (including phenoxy) is 2. The molecule has 7 aromatic carbocycles. The van der Waals surface area contributed by atoms with Crippen LogP contribution in [0.2, 0.25) is 0 Å². The molecule has 0 unspecified atom stereocenters. The van der Waals surface area contributed by atoms with E-state index in [0.717, 1.165) is 41.4 Å². The Labute approximate surface area is 368 Å². The largest absolute Gasteiger partial charge is 0.508 e. The first-order valence-corrected chi connectivity index (χ1v) is 20.3. The van der Waals surface area contributed by atoms with Gasteiger partial charge in [0.25, 0.3) is 0 Å². The third-order valence-electron chi connectivity index (χ3n) is 11.3. The lowest BCUT2D eigenvalue weighted by Crippen LogP contribution is -2.32. The number of nitrogens with zero attached hydrogens (tertiary/aromatic N) is 2. The van der Waals surface area contributed by atoms with Gasteiger partial charge >= 0.3 is 0 Å². The van der Waals surface area contributed by atoms with Gasteiger partial charge in [-0.15, -0.1) is 0 Å². The number of nitrogen functional groups attached to an aromatic ring is 1. The predicted molar refractivity (Wildman–Crippen MR) is 256 cm³/mol. The van der Waals surface area contributed by atoms with Crippen LogP contribution in [0.1, 0.15) is 69.9 Å².